The number of piperazine rings is 1. The maximum Gasteiger partial charge on any atom is 0.321 e. The summed E-state index contributed by atoms with van der Waals surface area (Å²) in [6, 6.07) is 20.9. The van der Waals surface area contributed by atoms with Gasteiger partial charge >= 0.3 is 6.03 Å². The molecule has 0 saturated carbocycles. The van der Waals surface area contributed by atoms with E-state index < -0.39 is 11.7 Å². The lowest BCUT2D eigenvalue weighted by molar-refractivity contribution is -0.116. The SMILES string of the molecule is CCCN(CC(=O)Nc1ccc(N2CCN(C(=O)Nc3ccc(C)cc3)CC2)cc1)C(=O)c1ccccc1F. The fourth-order valence-corrected chi connectivity index (χ4v) is 4.46. The van der Waals surface area contributed by atoms with Gasteiger partial charge in [0.2, 0.25) is 5.91 Å². The van der Waals surface area contributed by atoms with Crippen LogP contribution in [-0.4, -0.2) is 66.9 Å². The third-order valence-electron chi connectivity index (χ3n) is 6.61. The molecule has 2 N–H and O–H groups in total. The summed E-state index contributed by atoms with van der Waals surface area (Å²) < 4.78 is 14.1. The van der Waals surface area contributed by atoms with Crippen LogP contribution in [0.25, 0.3) is 0 Å². The van der Waals surface area contributed by atoms with E-state index in [4.69, 9.17) is 0 Å². The molecule has 0 unspecified atom stereocenters. The molecule has 0 bridgehead atoms. The molecule has 4 rings (SSSR count). The summed E-state index contributed by atoms with van der Waals surface area (Å²) >= 11 is 0. The Morgan fingerprint density at radius 2 is 1.46 bits per heavy atom. The minimum absolute atomic E-state index is 0.0455. The summed E-state index contributed by atoms with van der Waals surface area (Å²) in [5.41, 5.74) is 3.47. The van der Waals surface area contributed by atoms with E-state index >= 15 is 0 Å². The fraction of sp³-hybridized carbons (Fsp3) is 0.300. The fourth-order valence-electron chi connectivity index (χ4n) is 4.46. The van der Waals surface area contributed by atoms with Gasteiger partial charge in [-0.25, -0.2) is 9.18 Å². The Morgan fingerprint density at radius 3 is 2.10 bits per heavy atom. The molecule has 0 spiro atoms. The molecule has 1 aliphatic rings. The summed E-state index contributed by atoms with van der Waals surface area (Å²) in [7, 11) is 0. The molecule has 1 heterocycles. The van der Waals surface area contributed by atoms with E-state index in [2.05, 4.69) is 15.5 Å². The van der Waals surface area contributed by atoms with Crippen molar-refractivity contribution in [1.82, 2.24) is 9.80 Å². The van der Waals surface area contributed by atoms with Gasteiger partial charge in [-0.3, -0.25) is 9.59 Å². The first-order valence-corrected chi connectivity index (χ1v) is 13.2. The van der Waals surface area contributed by atoms with Gasteiger partial charge in [-0.1, -0.05) is 36.8 Å². The van der Waals surface area contributed by atoms with Crippen LogP contribution in [0.2, 0.25) is 0 Å². The van der Waals surface area contributed by atoms with E-state index in [1.807, 2.05) is 62.4 Å². The van der Waals surface area contributed by atoms with Crippen molar-refractivity contribution in [3.05, 3.63) is 89.7 Å². The summed E-state index contributed by atoms with van der Waals surface area (Å²) in [4.78, 5) is 43.5. The lowest BCUT2D eigenvalue weighted by Gasteiger charge is -2.36. The van der Waals surface area contributed by atoms with E-state index in [1.54, 1.807) is 11.0 Å². The summed E-state index contributed by atoms with van der Waals surface area (Å²) in [5.74, 6) is -1.46. The van der Waals surface area contributed by atoms with Gasteiger partial charge in [0, 0.05) is 49.8 Å². The average Bonchev–Trinajstić information content (AvgIpc) is 2.94. The van der Waals surface area contributed by atoms with Gasteiger partial charge in [0.1, 0.15) is 12.4 Å². The highest BCUT2D eigenvalue weighted by molar-refractivity contribution is 5.99. The Balaban J connectivity index is 1.28. The molecule has 204 valence electrons. The molecular formula is C30H34FN5O3. The molecule has 0 atom stereocenters. The van der Waals surface area contributed by atoms with Crippen LogP contribution >= 0.6 is 0 Å². The van der Waals surface area contributed by atoms with E-state index in [0.29, 0.717) is 44.8 Å². The van der Waals surface area contributed by atoms with Gasteiger partial charge in [-0.2, -0.15) is 0 Å². The Hall–Kier alpha value is -4.40. The van der Waals surface area contributed by atoms with Gasteiger partial charge < -0.3 is 25.3 Å². The zero-order valence-corrected chi connectivity index (χ0v) is 22.3. The minimum atomic E-state index is -0.604. The number of carbonyl (C=O) groups excluding carboxylic acids is 3. The molecule has 1 saturated heterocycles. The quantitative estimate of drug-likeness (QED) is 0.430. The molecule has 8 nitrogen and oxygen atoms in total. The topological polar surface area (TPSA) is 85.0 Å². The standard InChI is InChI=1S/C30H34FN5O3/c1-3-16-36(29(38)26-6-4-5-7-27(26)31)21-28(37)32-23-12-14-25(15-13-23)34-17-19-35(20-18-34)30(39)33-24-10-8-22(2)9-11-24/h4-15H,3,16-21H2,1-2H3,(H,32,37)(H,33,39). The number of benzene rings is 3. The molecule has 3 aromatic rings. The first kappa shape index (κ1) is 27.6. The van der Waals surface area contributed by atoms with Crippen LogP contribution in [0.15, 0.2) is 72.8 Å². The molecule has 0 aliphatic carbocycles. The Morgan fingerprint density at radius 1 is 0.846 bits per heavy atom. The normalized spacial score (nSPS) is 13.1. The largest absolute Gasteiger partial charge is 0.368 e. The van der Waals surface area contributed by atoms with E-state index in [-0.39, 0.29) is 24.0 Å². The Labute approximate surface area is 228 Å². The molecule has 1 aliphatic heterocycles. The van der Waals surface area contributed by atoms with Crippen molar-refractivity contribution in [2.45, 2.75) is 20.3 Å². The van der Waals surface area contributed by atoms with Crippen molar-refractivity contribution in [2.24, 2.45) is 0 Å². The average molecular weight is 532 g/mol. The summed E-state index contributed by atoms with van der Waals surface area (Å²) in [5, 5.41) is 5.77. The Kier molecular flexibility index (Phi) is 9.14. The van der Waals surface area contributed by atoms with Crippen molar-refractivity contribution in [2.75, 3.05) is 54.8 Å². The monoisotopic (exact) mass is 531 g/mol. The van der Waals surface area contributed by atoms with Crippen molar-refractivity contribution >= 4 is 34.9 Å². The lowest BCUT2D eigenvalue weighted by atomic mass is 10.1. The predicted molar refractivity (Wildman–Crippen MR) is 152 cm³/mol. The maximum absolute atomic E-state index is 14.1. The number of hydrogen-bond donors (Lipinski definition) is 2. The molecule has 0 aromatic heterocycles. The first-order valence-electron chi connectivity index (χ1n) is 13.2. The highest BCUT2D eigenvalue weighted by Crippen LogP contribution is 2.20. The number of nitrogens with one attached hydrogen (secondary N) is 2. The molecule has 39 heavy (non-hydrogen) atoms. The number of carbonyl (C=O) groups is 3. The zero-order chi connectivity index (χ0) is 27.8. The number of amides is 4. The highest BCUT2D eigenvalue weighted by atomic mass is 19.1. The van der Waals surface area contributed by atoms with Crippen LogP contribution < -0.4 is 15.5 Å². The van der Waals surface area contributed by atoms with Gasteiger partial charge in [-0.05, 0) is 61.9 Å². The van der Waals surface area contributed by atoms with Crippen LogP contribution in [0.3, 0.4) is 0 Å². The van der Waals surface area contributed by atoms with Gasteiger partial charge in [0.25, 0.3) is 5.91 Å². The van der Waals surface area contributed by atoms with Crippen LogP contribution in [-0.2, 0) is 4.79 Å². The van der Waals surface area contributed by atoms with E-state index in [1.165, 1.54) is 23.1 Å². The van der Waals surface area contributed by atoms with Crippen molar-refractivity contribution in [1.29, 1.82) is 0 Å². The number of rotatable bonds is 8. The number of urea groups is 1. The third kappa shape index (κ3) is 7.34. The molecule has 3 aromatic carbocycles. The molecular weight excluding hydrogens is 497 g/mol. The van der Waals surface area contributed by atoms with Crippen molar-refractivity contribution < 1.29 is 18.8 Å². The number of halogens is 1. The predicted octanol–water partition coefficient (Wildman–Crippen LogP) is 4.98. The third-order valence-corrected chi connectivity index (χ3v) is 6.61. The molecule has 4 amide bonds. The Bertz CT molecular complexity index is 1290. The smallest absolute Gasteiger partial charge is 0.321 e. The summed E-state index contributed by atoms with van der Waals surface area (Å²) in [6.07, 6.45) is 0.642. The van der Waals surface area contributed by atoms with Crippen LogP contribution in [0.4, 0.5) is 26.2 Å². The maximum atomic E-state index is 14.1. The minimum Gasteiger partial charge on any atom is -0.368 e. The molecule has 9 heteroatoms. The summed E-state index contributed by atoms with van der Waals surface area (Å²) in [6.45, 7) is 6.65. The van der Waals surface area contributed by atoms with Crippen LogP contribution in [0, 0.1) is 12.7 Å². The van der Waals surface area contributed by atoms with Gasteiger partial charge in [-0.15, -0.1) is 0 Å². The second kappa shape index (κ2) is 12.9. The lowest BCUT2D eigenvalue weighted by Crippen LogP contribution is -2.50. The zero-order valence-electron chi connectivity index (χ0n) is 22.3. The van der Waals surface area contributed by atoms with Crippen molar-refractivity contribution in [3.8, 4) is 0 Å². The molecule has 0 radical (unpaired) electrons. The number of aryl methyl sites for hydroxylation is 1. The van der Waals surface area contributed by atoms with Crippen LogP contribution in [0.5, 0.6) is 0 Å². The first-order chi connectivity index (χ1) is 18.8. The number of anilines is 3. The second-order valence-electron chi connectivity index (χ2n) is 9.57. The second-order valence-corrected chi connectivity index (χ2v) is 9.57. The number of nitrogens with zero attached hydrogens (tertiary/aromatic N) is 3. The van der Waals surface area contributed by atoms with Crippen LogP contribution in [0.1, 0.15) is 29.3 Å². The molecule has 1 fully saturated rings. The van der Waals surface area contributed by atoms with Gasteiger partial charge in [0.15, 0.2) is 0 Å². The number of hydrogen-bond acceptors (Lipinski definition) is 4. The van der Waals surface area contributed by atoms with E-state index in [9.17, 15) is 18.8 Å². The van der Waals surface area contributed by atoms with E-state index in [0.717, 1.165) is 16.9 Å². The van der Waals surface area contributed by atoms with Gasteiger partial charge in [0.05, 0.1) is 5.56 Å². The van der Waals surface area contributed by atoms with Crippen molar-refractivity contribution in [3.63, 3.8) is 0 Å². The highest BCUT2D eigenvalue weighted by Gasteiger charge is 2.23.